The number of rotatable bonds is 4. The van der Waals surface area contributed by atoms with Crippen LogP contribution in [0, 0.1) is 5.82 Å². The fourth-order valence-electron chi connectivity index (χ4n) is 4.73. The molecule has 0 saturated heterocycles. The summed E-state index contributed by atoms with van der Waals surface area (Å²) >= 11 is 0. The van der Waals surface area contributed by atoms with E-state index in [4.69, 9.17) is 0 Å². The molecule has 1 aliphatic rings. The van der Waals surface area contributed by atoms with E-state index in [-0.39, 0.29) is 34.3 Å². The van der Waals surface area contributed by atoms with Crippen molar-refractivity contribution in [3.63, 3.8) is 0 Å². The standard InChI is InChI=1S/C30H25FN2O3/c1-30(2,3)22-14-8-10-16-24(22)33-25(34)17-21(20-13-7-9-15-23(20)31)26-27(33)29(36)32(28(26)35)18-19-11-5-4-6-12-19/h4-17H,18H2,1-3H3. The molecule has 0 radical (unpaired) electrons. The van der Waals surface area contributed by atoms with Crippen LogP contribution in [0.1, 0.15) is 52.7 Å². The van der Waals surface area contributed by atoms with Crippen LogP contribution >= 0.6 is 0 Å². The van der Waals surface area contributed by atoms with Crippen LogP contribution in [0.3, 0.4) is 0 Å². The van der Waals surface area contributed by atoms with E-state index >= 15 is 0 Å². The van der Waals surface area contributed by atoms with Gasteiger partial charge in [0.1, 0.15) is 11.5 Å². The van der Waals surface area contributed by atoms with Gasteiger partial charge in [-0.3, -0.25) is 23.9 Å². The maximum absolute atomic E-state index is 14.9. The summed E-state index contributed by atoms with van der Waals surface area (Å²) in [7, 11) is 0. The zero-order valence-corrected chi connectivity index (χ0v) is 20.3. The number of benzene rings is 3. The molecule has 0 fully saturated rings. The third kappa shape index (κ3) is 3.85. The lowest BCUT2D eigenvalue weighted by Gasteiger charge is -2.24. The predicted octanol–water partition coefficient (Wildman–Crippen LogP) is 5.74. The van der Waals surface area contributed by atoms with Gasteiger partial charge in [0, 0.05) is 17.2 Å². The number of carbonyl (C=O) groups is 2. The quantitative estimate of drug-likeness (QED) is 0.350. The largest absolute Gasteiger partial charge is 0.278 e. The van der Waals surface area contributed by atoms with E-state index in [9.17, 15) is 18.8 Å². The third-order valence-corrected chi connectivity index (χ3v) is 6.43. The summed E-state index contributed by atoms with van der Waals surface area (Å²) in [6.07, 6.45) is 0. The highest BCUT2D eigenvalue weighted by Gasteiger charge is 2.42. The van der Waals surface area contributed by atoms with Crippen molar-refractivity contribution in [1.82, 2.24) is 9.47 Å². The van der Waals surface area contributed by atoms with Crippen molar-refractivity contribution >= 4 is 11.8 Å². The molecule has 3 aromatic carbocycles. The van der Waals surface area contributed by atoms with Gasteiger partial charge in [-0.1, -0.05) is 87.5 Å². The molecule has 0 spiro atoms. The minimum absolute atomic E-state index is 0.0318. The van der Waals surface area contributed by atoms with Gasteiger partial charge in [0.25, 0.3) is 17.4 Å². The Kier molecular flexibility index (Phi) is 5.67. The molecule has 0 atom stereocenters. The van der Waals surface area contributed by atoms with Crippen molar-refractivity contribution < 1.29 is 14.0 Å². The second-order valence-corrected chi connectivity index (χ2v) is 9.88. The molecule has 0 unspecified atom stereocenters. The molecule has 1 aliphatic heterocycles. The van der Waals surface area contributed by atoms with E-state index in [1.54, 1.807) is 18.2 Å². The summed E-state index contributed by atoms with van der Waals surface area (Å²) < 4.78 is 16.2. The minimum Gasteiger partial charge on any atom is -0.271 e. The number of carbonyl (C=O) groups excluding carboxylic acids is 2. The highest BCUT2D eigenvalue weighted by Crippen LogP contribution is 2.36. The van der Waals surface area contributed by atoms with Crippen molar-refractivity contribution in [2.75, 3.05) is 0 Å². The average Bonchev–Trinajstić information content (AvgIpc) is 3.09. The molecule has 2 amide bonds. The SMILES string of the molecule is CC(C)(C)c1ccccc1-n1c2c(c(-c3ccccc3F)cc1=O)C(=O)N(Cc1ccccc1)C2=O. The zero-order chi connectivity index (χ0) is 25.6. The molecule has 0 saturated carbocycles. The Bertz CT molecular complexity index is 1570. The lowest BCUT2D eigenvalue weighted by Crippen LogP contribution is -2.31. The third-order valence-electron chi connectivity index (χ3n) is 6.43. The molecular formula is C30H25FN2O3. The van der Waals surface area contributed by atoms with Crippen molar-refractivity contribution in [2.24, 2.45) is 0 Å². The second-order valence-electron chi connectivity index (χ2n) is 9.88. The first-order valence-electron chi connectivity index (χ1n) is 11.7. The molecular weight excluding hydrogens is 455 g/mol. The van der Waals surface area contributed by atoms with E-state index in [0.29, 0.717) is 5.69 Å². The first-order chi connectivity index (χ1) is 17.2. The van der Waals surface area contributed by atoms with E-state index < -0.39 is 23.2 Å². The Hall–Kier alpha value is -4.32. The fourth-order valence-corrected chi connectivity index (χ4v) is 4.73. The predicted molar refractivity (Wildman–Crippen MR) is 137 cm³/mol. The van der Waals surface area contributed by atoms with Crippen LogP contribution in [-0.4, -0.2) is 21.3 Å². The topological polar surface area (TPSA) is 59.4 Å². The van der Waals surface area contributed by atoms with Crippen LogP contribution in [0.15, 0.2) is 89.7 Å². The summed E-state index contributed by atoms with van der Waals surface area (Å²) in [5.41, 5.74) is 1.49. The second kappa shape index (κ2) is 8.72. The number of hydrogen-bond donors (Lipinski definition) is 0. The Balaban J connectivity index is 1.81. The summed E-state index contributed by atoms with van der Waals surface area (Å²) in [5.74, 6) is -1.72. The van der Waals surface area contributed by atoms with E-state index in [1.807, 2.05) is 63.2 Å². The van der Waals surface area contributed by atoms with Crippen LogP contribution in [0.5, 0.6) is 0 Å². The van der Waals surface area contributed by atoms with Gasteiger partial charge in [-0.15, -0.1) is 0 Å². The van der Waals surface area contributed by atoms with Crippen LogP contribution in [0.2, 0.25) is 0 Å². The number of para-hydroxylation sites is 1. The molecule has 6 heteroatoms. The lowest BCUT2D eigenvalue weighted by molar-refractivity contribution is 0.0639. The van der Waals surface area contributed by atoms with Gasteiger partial charge in [0.05, 0.1) is 17.8 Å². The van der Waals surface area contributed by atoms with Crippen molar-refractivity contribution in [1.29, 1.82) is 0 Å². The van der Waals surface area contributed by atoms with Gasteiger partial charge in [0.15, 0.2) is 0 Å². The smallest absolute Gasteiger partial charge is 0.271 e. The van der Waals surface area contributed by atoms with Crippen LogP contribution in [0.25, 0.3) is 16.8 Å². The summed E-state index contributed by atoms with van der Waals surface area (Å²) in [6, 6.07) is 23.7. The van der Waals surface area contributed by atoms with Gasteiger partial charge < -0.3 is 0 Å². The van der Waals surface area contributed by atoms with Gasteiger partial charge >= 0.3 is 0 Å². The fraction of sp³-hybridized carbons (Fsp3) is 0.167. The molecule has 4 aromatic rings. The lowest BCUT2D eigenvalue weighted by atomic mass is 9.85. The van der Waals surface area contributed by atoms with Crippen molar-refractivity contribution in [3.05, 3.63) is 123 Å². The maximum atomic E-state index is 14.9. The van der Waals surface area contributed by atoms with E-state index in [0.717, 1.165) is 16.0 Å². The van der Waals surface area contributed by atoms with Crippen LogP contribution < -0.4 is 5.56 Å². The van der Waals surface area contributed by atoms with E-state index in [2.05, 4.69) is 0 Å². The highest BCUT2D eigenvalue weighted by molar-refractivity contribution is 6.23. The average molecular weight is 481 g/mol. The molecule has 0 N–H and O–H groups in total. The van der Waals surface area contributed by atoms with Gasteiger partial charge in [-0.2, -0.15) is 0 Å². The summed E-state index contributed by atoms with van der Waals surface area (Å²) in [4.78, 5) is 42.4. The van der Waals surface area contributed by atoms with Crippen LogP contribution in [-0.2, 0) is 12.0 Å². The summed E-state index contributed by atoms with van der Waals surface area (Å²) in [5, 5.41) is 0. The first kappa shape index (κ1) is 23.4. The maximum Gasteiger partial charge on any atom is 0.278 e. The van der Waals surface area contributed by atoms with Gasteiger partial charge in [0.2, 0.25) is 0 Å². The molecule has 1 aromatic heterocycles. The van der Waals surface area contributed by atoms with Gasteiger partial charge in [-0.05, 0) is 28.7 Å². The number of hydrogen-bond acceptors (Lipinski definition) is 3. The molecule has 2 heterocycles. The van der Waals surface area contributed by atoms with Gasteiger partial charge in [-0.25, -0.2) is 4.39 Å². The van der Waals surface area contributed by atoms with Crippen molar-refractivity contribution in [3.8, 4) is 16.8 Å². The molecule has 36 heavy (non-hydrogen) atoms. The Morgan fingerprint density at radius 2 is 1.39 bits per heavy atom. The highest BCUT2D eigenvalue weighted by atomic mass is 19.1. The normalized spacial score (nSPS) is 13.3. The number of fused-ring (bicyclic) bond motifs is 1. The Morgan fingerprint density at radius 3 is 2.08 bits per heavy atom. The summed E-state index contributed by atoms with van der Waals surface area (Å²) in [6.45, 7) is 6.08. The Labute approximate surface area is 208 Å². The minimum atomic E-state index is -0.585. The number of amides is 2. The number of halogens is 1. The number of imide groups is 1. The van der Waals surface area contributed by atoms with E-state index in [1.165, 1.54) is 28.8 Å². The monoisotopic (exact) mass is 480 g/mol. The molecule has 0 bridgehead atoms. The Morgan fingerprint density at radius 1 is 0.750 bits per heavy atom. The number of aromatic nitrogens is 1. The van der Waals surface area contributed by atoms with Crippen LogP contribution in [0.4, 0.5) is 4.39 Å². The zero-order valence-electron chi connectivity index (χ0n) is 20.3. The molecule has 5 rings (SSSR count). The number of pyridine rings is 1. The molecule has 5 nitrogen and oxygen atoms in total. The molecule has 180 valence electrons. The number of nitrogens with zero attached hydrogens (tertiary/aromatic N) is 2. The van der Waals surface area contributed by atoms with Crippen molar-refractivity contribution in [2.45, 2.75) is 32.7 Å². The first-order valence-corrected chi connectivity index (χ1v) is 11.7. The molecule has 0 aliphatic carbocycles.